The zero-order valence-corrected chi connectivity index (χ0v) is 13.1. The summed E-state index contributed by atoms with van der Waals surface area (Å²) in [4.78, 5) is 6.24. The molecule has 0 unspecified atom stereocenters. The van der Waals surface area contributed by atoms with E-state index in [0.29, 0.717) is 22.3 Å². The van der Waals surface area contributed by atoms with Gasteiger partial charge in [0.25, 0.3) is 0 Å². The molecule has 0 atom stereocenters. The minimum atomic E-state index is -0.242. The molecule has 0 saturated carbocycles. The van der Waals surface area contributed by atoms with E-state index in [9.17, 15) is 4.39 Å². The number of halogens is 2. The molecular formula is C14H21BrFN3. The zero-order valence-electron chi connectivity index (χ0n) is 11.5. The number of pyridine rings is 1. The first-order valence-corrected chi connectivity index (χ1v) is 7.65. The van der Waals surface area contributed by atoms with E-state index < -0.39 is 0 Å². The van der Waals surface area contributed by atoms with Crippen LogP contribution in [-0.4, -0.2) is 30.7 Å². The number of aromatic nitrogens is 1. The van der Waals surface area contributed by atoms with Crippen LogP contribution in [0.5, 0.6) is 0 Å². The van der Waals surface area contributed by atoms with Crippen molar-refractivity contribution in [1.29, 1.82) is 0 Å². The maximum absolute atomic E-state index is 13.8. The van der Waals surface area contributed by atoms with Gasteiger partial charge in [-0.15, -0.1) is 0 Å². The van der Waals surface area contributed by atoms with Crippen LogP contribution in [0.1, 0.15) is 26.7 Å². The van der Waals surface area contributed by atoms with Gasteiger partial charge in [-0.25, -0.2) is 9.37 Å². The Morgan fingerprint density at radius 3 is 2.74 bits per heavy atom. The molecule has 0 radical (unpaired) electrons. The van der Waals surface area contributed by atoms with Crippen LogP contribution < -0.4 is 10.2 Å². The van der Waals surface area contributed by atoms with Crippen molar-refractivity contribution in [2.75, 3.05) is 24.5 Å². The predicted octanol–water partition coefficient (Wildman–Crippen LogP) is 3.20. The summed E-state index contributed by atoms with van der Waals surface area (Å²) in [6, 6.07) is 2.01. The fraction of sp³-hybridized carbons (Fsp3) is 0.643. The zero-order chi connectivity index (χ0) is 13.8. The van der Waals surface area contributed by atoms with Crippen molar-refractivity contribution in [2.45, 2.75) is 32.7 Å². The molecule has 1 N–H and O–H groups in total. The van der Waals surface area contributed by atoms with E-state index in [-0.39, 0.29) is 5.82 Å². The van der Waals surface area contributed by atoms with Gasteiger partial charge in [0.1, 0.15) is 0 Å². The summed E-state index contributed by atoms with van der Waals surface area (Å²) in [5, 5.41) is 3.47. The minimum absolute atomic E-state index is 0.242. The minimum Gasteiger partial charge on any atom is -0.354 e. The highest BCUT2D eigenvalue weighted by Crippen LogP contribution is 2.25. The maximum atomic E-state index is 13.8. The molecule has 2 heterocycles. The second kappa shape index (κ2) is 6.66. The third-order valence-electron chi connectivity index (χ3n) is 3.52. The van der Waals surface area contributed by atoms with Gasteiger partial charge >= 0.3 is 0 Å². The molecule has 1 aliphatic rings. The molecule has 1 aromatic rings. The summed E-state index contributed by atoms with van der Waals surface area (Å²) >= 11 is 3.23. The van der Waals surface area contributed by atoms with Crippen molar-refractivity contribution < 1.29 is 4.39 Å². The Labute approximate surface area is 122 Å². The Morgan fingerprint density at radius 2 is 2.16 bits per heavy atom. The van der Waals surface area contributed by atoms with Crippen LogP contribution in [0.25, 0.3) is 0 Å². The van der Waals surface area contributed by atoms with E-state index in [2.05, 4.69) is 40.1 Å². The second-order valence-corrected chi connectivity index (χ2v) is 6.37. The lowest BCUT2D eigenvalue weighted by molar-refractivity contribution is 0.368. The van der Waals surface area contributed by atoms with E-state index in [1.165, 1.54) is 6.07 Å². The highest BCUT2D eigenvalue weighted by Gasteiger charge is 2.22. The van der Waals surface area contributed by atoms with Gasteiger partial charge in [-0.05, 0) is 47.3 Å². The van der Waals surface area contributed by atoms with Crippen molar-refractivity contribution in [3.8, 4) is 0 Å². The highest BCUT2D eigenvalue weighted by atomic mass is 79.9. The normalized spacial score (nSPS) is 17.2. The molecule has 106 valence electrons. The average molecular weight is 330 g/mol. The van der Waals surface area contributed by atoms with Gasteiger partial charge in [0.05, 0.1) is 0 Å². The Kier molecular flexibility index (Phi) is 5.16. The number of nitrogens with one attached hydrogen (secondary N) is 1. The van der Waals surface area contributed by atoms with Crippen molar-refractivity contribution in [3.63, 3.8) is 0 Å². The van der Waals surface area contributed by atoms with Gasteiger partial charge in [-0.3, -0.25) is 0 Å². The molecule has 2 rings (SSSR count). The Bertz CT molecular complexity index is 417. The molecule has 1 saturated heterocycles. The van der Waals surface area contributed by atoms with E-state index in [0.717, 1.165) is 32.5 Å². The molecule has 1 aliphatic heterocycles. The van der Waals surface area contributed by atoms with E-state index in [4.69, 9.17) is 0 Å². The molecule has 0 spiro atoms. The number of piperidine rings is 1. The summed E-state index contributed by atoms with van der Waals surface area (Å²) < 4.78 is 14.5. The van der Waals surface area contributed by atoms with Crippen molar-refractivity contribution in [3.05, 3.63) is 22.6 Å². The van der Waals surface area contributed by atoms with Gasteiger partial charge in [0.15, 0.2) is 11.6 Å². The van der Waals surface area contributed by atoms with Crippen molar-refractivity contribution in [1.82, 2.24) is 10.3 Å². The summed E-state index contributed by atoms with van der Waals surface area (Å²) in [5.74, 6) is 0.934. The lowest BCUT2D eigenvalue weighted by Crippen LogP contribution is -2.39. The number of rotatable bonds is 4. The SMILES string of the molecule is CC(C)NCC1CCN(c2ncc(Br)cc2F)CC1. The smallest absolute Gasteiger partial charge is 0.166 e. The number of anilines is 1. The lowest BCUT2D eigenvalue weighted by Gasteiger charge is -2.33. The fourth-order valence-electron chi connectivity index (χ4n) is 2.39. The van der Waals surface area contributed by atoms with Gasteiger partial charge in [0, 0.05) is 29.8 Å². The van der Waals surface area contributed by atoms with Gasteiger partial charge in [-0.1, -0.05) is 13.8 Å². The van der Waals surface area contributed by atoms with E-state index >= 15 is 0 Å². The third-order valence-corrected chi connectivity index (χ3v) is 3.95. The third kappa shape index (κ3) is 4.14. The van der Waals surface area contributed by atoms with Gasteiger partial charge in [-0.2, -0.15) is 0 Å². The molecule has 1 fully saturated rings. The monoisotopic (exact) mass is 329 g/mol. The first-order chi connectivity index (χ1) is 9.06. The molecule has 0 bridgehead atoms. The summed E-state index contributed by atoms with van der Waals surface area (Å²) in [6.07, 6.45) is 3.85. The molecule has 0 aromatic carbocycles. The first kappa shape index (κ1) is 14.7. The topological polar surface area (TPSA) is 28.2 Å². The molecule has 3 nitrogen and oxygen atoms in total. The number of hydrogen-bond acceptors (Lipinski definition) is 3. The van der Waals surface area contributed by atoms with Crippen LogP contribution >= 0.6 is 15.9 Å². The van der Waals surface area contributed by atoms with Gasteiger partial charge in [0.2, 0.25) is 0 Å². The second-order valence-electron chi connectivity index (χ2n) is 5.45. The van der Waals surface area contributed by atoms with Crippen LogP contribution in [0.2, 0.25) is 0 Å². The predicted molar refractivity (Wildman–Crippen MR) is 80.0 cm³/mol. The quantitative estimate of drug-likeness (QED) is 0.919. The van der Waals surface area contributed by atoms with Crippen molar-refractivity contribution >= 4 is 21.7 Å². The summed E-state index contributed by atoms with van der Waals surface area (Å²) in [5.41, 5.74) is 0. The Hall–Kier alpha value is -0.680. The molecule has 19 heavy (non-hydrogen) atoms. The Morgan fingerprint density at radius 1 is 1.47 bits per heavy atom. The molecule has 0 aliphatic carbocycles. The van der Waals surface area contributed by atoms with Crippen LogP contribution in [0.3, 0.4) is 0 Å². The van der Waals surface area contributed by atoms with Crippen LogP contribution in [0.4, 0.5) is 10.2 Å². The average Bonchev–Trinajstić information content (AvgIpc) is 2.37. The Balaban J connectivity index is 1.89. The fourth-order valence-corrected chi connectivity index (χ4v) is 2.69. The summed E-state index contributed by atoms with van der Waals surface area (Å²) in [7, 11) is 0. The van der Waals surface area contributed by atoms with Crippen LogP contribution in [0, 0.1) is 11.7 Å². The largest absolute Gasteiger partial charge is 0.354 e. The number of hydrogen-bond donors (Lipinski definition) is 1. The van der Waals surface area contributed by atoms with Crippen molar-refractivity contribution in [2.24, 2.45) is 5.92 Å². The van der Waals surface area contributed by atoms with E-state index in [1.807, 2.05) is 4.90 Å². The van der Waals surface area contributed by atoms with E-state index in [1.54, 1.807) is 6.20 Å². The standard InChI is InChI=1S/C14H21BrFN3/c1-10(2)17-8-11-3-5-19(6-4-11)14-13(16)7-12(15)9-18-14/h7,9-11,17H,3-6,8H2,1-2H3. The van der Waals surface area contributed by atoms with Gasteiger partial charge < -0.3 is 10.2 Å². The molecule has 1 aromatic heterocycles. The molecule has 0 amide bonds. The first-order valence-electron chi connectivity index (χ1n) is 6.85. The molecular weight excluding hydrogens is 309 g/mol. The number of nitrogens with zero attached hydrogens (tertiary/aromatic N) is 2. The maximum Gasteiger partial charge on any atom is 0.166 e. The highest BCUT2D eigenvalue weighted by molar-refractivity contribution is 9.10. The lowest BCUT2D eigenvalue weighted by atomic mass is 9.96. The molecule has 5 heteroatoms. The van der Waals surface area contributed by atoms with Crippen LogP contribution in [-0.2, 0) is 0 Å². The van der Waals surface area contributed by atoms with Crippen LogP contribution in [0.15, 0.2) is 16.7 Å². The summed E-state index contributed by atoms with van der Waals surface area (Å²) in [6.45, 7) is 7.15.